The van der Waals surface area contributed by atoms with Crippen LogP contribution in [0, 0.1) is 6.42 Å². The lowest BCUT2D eigenvalue weighted by molar-refractivity contribution is 0.192. The van der Waals surface area contributed by atoms with Crippen LogP contribution in [-0.4, -0.2) is 32.1 Å². The fourth-order valence-corrected chi connectivity index (χ4v) is 1.99. The van der Waals surface area contributed by atoms with E-state index in [0.717, 1.165) is 23.7 Å². The van der Waals surface area contributed by atoms with E-state index in [1.807, 2.05) is 38.4 Å². The van der Waals surface area contributed by atoms with Crippen molar-refractivity contribution in [3.63, 3.8) is 0 Å². The minimum atomic E-state index is 0.712. The van der Waals surface area contributed by atoms with Crippen molar-refractivity contribution in [1.82, 2.24) is 4.90 Å². The van der Waals surface area contributed by atoms with E-state index >= 15 is 0 Å². The molecule has 1 aliphatic rings. The summed E-state index contributed by atoms with van der Waals surface area (Å²) in [5.41, 5.74) is 2.37. The molecule has 101 valence electrons. The van der Waals surface area contributed by atoms with Gasteiger partial charge in [0.15, 0.2) is 0 Å². The summed E-state index contributed by atoms with van der Waals surface area (Å²) in [5.74, 6) is 0.953. The number of allylic oxidation sites excluding steroid dienone is 3. The van der Waals surface area contributed by atoms with Crippen molar-refractivity contribution >= 4 is 17.2 Å². The summed E-state index contributed by atoms with van der Waals surface area (Å²) in [7, 11) is 4.09. The molecule has 0 saturated carbocycles. The lowest BCUT2D eigenvalue weighted by Crippen LogP contribution is -2.17. The van der Waals surface area contributed by atoms with E-state index in [1.165, 1.54) is 11.1 Å². The van der Waals surface area contributed by atoms with Gasteiger partial charge in [0.2, 0.25) is 0 Å². The van der Waals surface area contributed by atoms with Gasteiger partial charge in [-0.3, -0.25) is 0 Å². The molecule has 2 nitrogen and oxygen atoms in total. The smallest absolute Gasteiger partial charge is 0.115 e. The van der Waals surface area contributed by atoms with Crippen molar-refractivity contribution in [2.24, 2.45) is 0 Å². The van der Waals surface area contributed by atoms with E-state index in [2.05, 4.69) is 23.5 Å². The highest BCUT2D eigenvalue weighted by molar-refractivity contribution is 6.30. The fourth-order valence-electron chi connectivity index (χ4n) is 1.86. The lowest BCUT2D eigenvalue weighted by Gasteiger charge is -2.16. The molecule has 0 unspecified atom stereocenters. The van der Waals surface area contributed by atoms with Crippen molar-refractivity contribution in [3.8, 4) is 0 Å². The Morgan fingerprint density at radius 3 is 2.63 bits per heavy atom. The lowest BCUT2D eigenvalue weighted by atomic mass is 9.97. The molecule has 0 bridgehead atoms. The molecule has 0 aliphatic heterocycles. The zero-order valence-corrected chi connectivity index (χ0v) is 12.2. The number of halogens is 1. The highest BCUT2D eigenvalue weighted by Gasteiger charge is 2.09. The second kappa shape index (κ2) is 6.78. The van der Waals surface area contributed by atoms with Gasteiger partial charge >= 0.3 is 0 Å². The second-order valence-corrected chi connectivity index (χ2v) is 5.24. The molecule has 2 rings (SSSR count). The van der Waals surface area contributed by atoms with Crippen LogP contribution in [0.5, 0.6) is 0 Å². The van der Waals surface area contributed by atoms with E-state index in [1.54, 1.807) is 0 Å². The number of rotatable bonds is 5. The molecule has 1 aliphatic carbocycles. The van der Waals surface area contributed by atoms with Crippen molar-refractivity contribution in [2.75, 3.05) is 27.2 Å². The average Bonchev–Trinajstić information content (AvgIpc) is 2.39. The molecule has 0 N–H and O–H groups in total. The van der Waals surface area contributed by atoms with Gasteiger partial charge in [-0.05, 0) is 62.4 Å². The minimum Gasteiger partial charge on any atom is -0.493 e. The van der Waals surface area contributed by atoms with Crippen LogP contribution in [0.25, 0.3) is 5.57 Å². The van der Waals surface area contributed by atoms with Crippen LogP contribution >= 0.6 is 11.6 Å². The van der Waals surface area contributed by atoms with Gasteiger partial charge in [0, 0.05) is 11.6 Å². The first-order chi connectivity index (χ1) is 9.15. The molecule has 0 spiro atoms. The van der Waals surface area contributed by atoms with Crippen LogP contribution in [0.4, 0.5) is 0 Å². The van der Waals surface area contributed by atoms with Crippen LogP contribution in [0.15, 0.2) is 42.2 Å². The minimum absolute atomic E-state index is 0.712. The van der Waals surface area contributed by atoms with Gasteiger partial charge < -0.3 is 9.64 Å². The van der Waals surface area contributed by atoms with E-state index in [0.29, 0.717) is 6.61 Å². The highest BCUT2D eigenvalue weighted by Crippen LogP contribution is 2.26. The molecule has 0 fully saturated rings. The average molecular weight is 277 g/mol. The first-order valence-corrected chi connectivity index (χ1v) is 6.81. The summed E-state index contributed by atoms with van der Waals surface area (Å²) in [6, 6.07) is 7.90. The summed E-state index contributed by atoms with van der Waals surface area (Å²) in [4.78, 5) is 2.11. The van der Waals surface area contributed by atoms with Gasteiger partial charge in [-0.1, -0.05) is 23.7 Å². The van der Waals surface area contributed by atoms with Crippen LogP contribution in [0.2, 0.25) is 5.02 Å². The maximum atomic E-state index is 5.91. The number of likely N-dealkylation sites (N-methyl/N-ethyl adjacent to an activating group) is 1. The number of ether oxygens (including phenoxy) is 1. The Labute approximate surface area is 120 Å². The van der Waals surface area contributed by atoms with E-state index in [4.69, 9.17) is 16.3 Å². The summed E-state index contributed by atoms with van der Waals surface area (Å²) >= 11 is 5.91. The van der Waals surface area contributed by atoms with Gasteiger partial charge in [-0.25, -0.2) is 0 Å². The number of hydrogen-bond donors (Lipinski definition) is 0. The molecule has 3 heteroatoms. The number of benzene rings is 1. The molecular weight excluding hydrogens is 258 g/mol. The zero-order chi connectivity index (χ0) is 13.7. The van der Waals surface area contributed by atoms with Crippen molar-refractivity contribution in [3.05, 3.63) is 59.2 Å². The standard InChI is InChI=1S/C16H19ClNO/c1-18(2)10-11-19-16-5-3-4-14(12-16)13-6-8-15(17)9-7-13/h4-9,12H,3,10-11H2,1-2H3. The Morgan fingerprint density at radius 2 is 1.95 bits per heavy atom. The second-order valence-electron chi connectivity index (χ2n) is 4.80. The van der Waals surface area contributed by atoms with Crippen LogP contribution in [-0.2, 0) is 4.74 Å². The summed E-state index contributed by atoms with van der Waals surface area (Å²) in [5, 5.41) is 0.762. The summed E-state index contributed by atoms with van der Waals surface area (Å²) in [6.45, 7) is 1.63. The summed E-state index contributed by atoms with van der Waals surface area (Å²) in [6.07, 6.45) is 7.30. The molecular formula is C16H19ClNO. The highest BCUT2D eigenvalue weighted by atomic mass is 35.5. The Bertz CT molecular complexity index is 474. The number of hydrogen-bond acceptors (Lipinski definition) is 2. The van der Waals surface area contributed by atoms with Crippen molar-refractivity contribution in [1.29, 1.82) is 0 Å². The van der Waals surface area contributed by atoms with Gasteiger partial charge in [0.25, 0.3) is 0 Å². The van der Waals surface area contributed by atoms with Crippen molar-refractivity contribution in [2.45, 2.75) is 6.42 Å². The predicted molar refractivity (Wildman–Crippen MR) is 80.9 cm³/mol. The third-order valence-corrected chi connectivity index (χ3v) is 3.19. The molecule has 0 saturated heterocycles. The molecule has 0 amide bonds. The van der Waals surface area contributed by atoms with Gasteiger partial charge in [-0.2, -0.15) is 0 Å². The third-order valence-electron chi connectivity index (χ3n) is 2.94. The summed E-state index contributed by atoms with van der Waals surface area (Å²) < 4.78 is 5.77. The first-order valence-electron chi connectivity index (χ1n) is 6.44. The van der Waals surface area contributed by atoms with E-state index in [9.17, 15) is 0 Å². The maximum Gasteiger partial charge on any atom is 0.115 e. The Hall–Kier alpha value is -1.25. The van der Waals surface area contributed by atoms with Crippen LogP contribution in [0.1, 0.15) is 12.0 Å². The van der Waals surface area contributed by atoms with Crippen LogP contribution < -0.4 is 0 Å². The molecule has 0 heterocycles. The first kappa shape index (κ1) is 14.2. The zero-order valence-electron chi connectivity index (χ0n) is 11.4. The fraction of sp³-hybridized carbons (Fsp3) is 0.312. The van der Waals surface area contributed by atoms with Crippen LogP contribution in [0.3, 0.4) is 0 Å². The maximum absolute atomic E-state index is 5.91. The van der Waals surface area contributed by atoms with Gasteiger partial charge in [0.05, 0.1) is 0 Å². The van der Waals surface area contributed by atoms with Gasteiger partial charge in [-0.15, -0.1) is 0 Å². The quantitative estimate of drug-likeness (QED) is 0.811. The molecule has 0 aromatic heterocycles. The molecule has 0 atom stereocenters. The Kier molecular flexibility index (Phi) is 5.06. The molecule has 1 aromatic rings. The van der Waals surface area contributed by atoms with E-state index in [-0.39, 0.29) is 0 Å². The molecule has 19 heavy (non-hydrogen) atoms. The topological polar surface area (TPSA) is 12.5 Å². The predicted octanol–water partition coefficient (Wildman–Crippen LogP) is 3.79. The SMILES string of the molecule is CN(C)CCOC1=CC[CH]C(c2ccc(Cl)cc2)=C1. The largest absolute Gasteiger partial charge is 0.493 e. The molecule has 1 aromatic carbocycles. The van der Waals surface area contributed by atoms with Gasteiger partial charge in [0.1, 0.15) is 12.4 Å². The third kappa shape index (κ3) is 4.41. The molecule has 1 radical (unpaired) electrons. The van der Waals surface area contributed by atoms with E-state index < -0.39 is 0 Å². The Balaban J connectivity index is 2.00. The van der Waals surface area contributed by atoms with Crippen molar-refractivity contribution < 1.29 is 4.74 Å². The normalized spacial score (nSPS) is 15.2. The Morgan fingerprint density at radius 1 is 1.21 bits per heavy atom. The number of nitrogens with zero attached hydrogens (tertiary/aromatic N) is 1. The monoisotopic (exact) mass is 276 g/mol.